The summed E-state index contributed by atoms with van der Waals surface area (Å²) < 4.78 is 47.9. The summed E-state index contributed by atoms with van der Waals surface area (Å²) in [6, 6.07) is 3.86. The Morgan fingerprint density at radius 2 is 1.76 bits per heavy atom. The van der Waals surface area contributed by atoms with E-state index in [1.54, 1.807) is 13.8 Å². The van der Waals surface area contributed by atoms with E-state index in [1.807, 2.05) is 0 Å². The highest BCUT2D eigenvalue weighted by Gasteiger charge is 2.37. The van der Waals surface area contributed by atoms with Gasteiger partial charge in [-0.25, -0.2) is 9.00 Å². The number of nitrogens with one attached hydrogen (secondary N) is 2. The molecule has 0 aliphatic carbocycles. The molecule has 0 aliphatic rings. The number of benzene rings is 1. The molecule has 0 saturated carbocycles. The highest BCUT2D eigenvalue weighted by molar-refractivity contribution is 7.86. The zero-order valence-corrected chi connectivity index (χ0v) is 12.1. The maximum Gasteiger partial charge on any atom is 0.475 e. The lowest BCUT2D eigenvalue weighted by Gasteiger charge is -2.23. The summed E-state index contributed by atoms with van der Waals surface area (Å²) in [7, 11) is -3.10. The number of rotatable bonds is 4. The summed E-state index contributed by atoms with van der Waals surface area (Å²) in [5.41, 5.74) is -5.41. The molecule has 1 aromatic rings. The highest BCUT2D eigenvalue weighted by atomic mass is 32.2. The van der Waals surface area contributed by atoms with Crippen molar-refractivity contribution in [2.75, 3.05) is 11.9 Å². The minimum absolute atomic E-state index is 0.240. The summed E-state index contributed by atoms with van der Waals surface area (Å²) in [4.78, 5) is 11.2. The van der Waals surface area contributed by atoms with Gasteiger partial charge >= 0.3 is 11.5 Å². The second-order valence-electron chi connectivity index (χ2n) is 4.86. The first-order valence-corrected chi connectivity index (χ1v) is 6.99. The number of carbonyl (C=O) groups excluding carboxylic acids is 1. The van der Waals surface area contributed by atoms with Crippen molar-refractivity contribution in [2.45, 2.75) is 29.8 Å². The Labute approximate surface area is 122 Å². The number of carbonyl (C=O) groups is 1. The average Bonchev–Trinajstić information content (AvgIpc) is 2.37. The van der Waals surface area contributed by atoms with E-state index in [0.29, 0.717) is 0 Å². The average molecular weight is 324 g/mol. The van der Waals surface area contributed by atoms with Gasteiger partial charge in [0.25, 0.3) is 0 Å². The molecule has 0 fully saturated rings. The molecule has 0 bridgehead atoms. The van der Waals surface area contributed by atoms with Crippen LogP contribution in [-0.4, -0.2) is 33.0 Å². The molecule has 3 N–H and O–H groups in total. The van der Waals surface area contributed by atoms with Gasteiger partial charge in [0, 0.05) is 10.6 Å². The molecule has 5 nitrogen and oxygen atoms in total. The number of aliphatic hydroxyl groups is 1. The van der Waals surface area contributed by atoms with Crippen LogP contribution >= 0.6 is 0 Å². The fraction of sp³-hybridized carbons (Fsp3) is 0.417. The van der Waals surface area contributed by atoms with E-state index in [-0.39, 0.29) is 12.3 Å². The largest absolute Gasteiger partial charge is 0.475 e. The SMILES string of the molecule is CC(C)(CO)NC(=O)Nc1ccc(S(=O)C(F)(F)F)cc1. The van der Waals surface area contributed by atoms with Crippen LogP contribution in [0.5, 0.6) is 0 Å². The van der Waals surface area contributed by atoms with E-state index in [9.17, 15) is 22.2 Å². The minimum Gasteiger partial charge on any atom is -0.394 e. The van der Waals surface area contributed by atoms with E-state index in [0.717, 1.165) is 12.1 Å². The third-order valence-electron chi connectivity index (χ3n) is 2.38. The maximum atomic E-state index is 12.3. The number of urea groups is 1. The van der Waals surface area contributed by atoms with Crippen molar-refractivity contribution in [3.05, 3.63) is 24.3 Å². The lowest BCUT2D eigenvalue weighted by molar-refractivity contribution is -0.0384. The molecular weight excluding hydrogens is 309 g/mol. The summed E-state index contributed by atoms with van der Waals surface area (Å²) in [5.74, 6) is 0. The summed E-state index contributed by atoms with van der Waals surface area (Å²) in [5, 5.41) is 13.9. The zero-order chi connectivity index (χ0) is 16.3. The van der Waals surface area contributed by atoms with Crippen LogP contribution in [0.25, 0.3) is 0 Å². The van der Waals surface area contributed by atoms with Crippen LogP contribution in [0.1, 0.15) is 13.8 Å². The van der Waals surface area contributed by atoms with E-state index in [1.165, 1.54) is 12.1 Å². The Hall–Kier alpha value is -1.61. The predicted octanol–water partition coefficient (Wildman–Crippen LogP) is 2.21. The molecule has 0 radical (unpaired) electrons. The van der Waals surface area contributed by atoms with E-state index in [2.05, 4.69) is 10.6 Å². The first-order chi connectivity index (χ1) is 9.55. The molecule has 0 spiro atoms. The molecule has 1 rings (SSSR count). The van der Waals surface area contributed by atoms with Crippen molar-refractivity contribution in [1.29, 1.82) is 0 Å². The van der Waals surface area contributed by atoms with Gasteiger partial charge in [-0.1, -0.05) is 0 Å². The fourth-order valence-electron chi connectivity index (χ4n) is 1.30. The van der Waals surface area contributed by atoms with Gasteiger partial charge in [-0.2, -0.15) is 13.2 Å². The Balaban J connectivity index is 2.72. The quantitative estimate of drug-likeness (QED) is 0.794. The van der Waals surface area contributed by atoms with Crippen molar-refractivity contribution in [1.82, 2.24) is 5.32 Å². The van der Waals surface area contributed by atoms with Gasteiger partial charge in [-0.3, -0.25) is 0 Å². The number of halogens is 3. The van der Waals surface area contributed by atoms with Gasteiger partial charge in [0.1, 0.15) is 0 Å². The van der Waals surface area contributed by atoms with Crippen LogP contribution in [0.15, 0.2) is 29.2 Å². The molecule has 1 atom stereocenters. The van der Waals surface area contributed by atoms with Gasteiger partial charge in [-0.15, -0.1) is 0 Å². The predicted molar refractivity (Wildman–Crippen MR) is 72.2 cm³/mol. The molecule has 0 aromatic heterocycles. The molecule has 1 unspecified atom stereocenters. The molecule has 9 heteroatoms. The monoisotopic (exact) mass is 324 g/mol. The Bertz CT molecular complexity index is 530. The molecule has 118 valence electrons. The van der Waals surface area contributed by atoms with Crippen LogP contribution in [0.2, 0.25) is 0 Å². The molecule has 2 amide bonds. The van der Waals surface area contributed by atoms with Crippen molar-refractivity contribution >= 4 is 22.5 Å². The number of hydrogen-bond acceptors (Lipinski definition) is 3. The smallest absolute Gasteiger partial charge is 0.394 e. The molecule has 21 heavy (non-hydrogen) atoms. The van der Waals surface area contributed by atoms with Crippen molar-refractivity contribution < 1.29 is 27.3 Å². The van der Waals surface area contributed by atoms with Crippen LogP contribution in [-0.2, 0) is 10.8 Å². The zero-order valence-electron chi connectivity index (χ0n) is 11.3. The van der Waals surface area contributed by atoms with E-state index in [4.69, 9.17) is 5.11 Å². The summed E-state index contributed by atoms with van der Waals surface area (Å²) in [6.07, 6.45) is 0. The maximum absolute atomic E-state index is 12.3. The fourth-order valence-corrected chi connectivity index (χ4v) is 1.96. The lowest BCUT2D eigenvalue weighted by atomic mass is 10.1. The van der Waals surface area contributed by atoms with Crippen molar-refractivity contribution in [3.63, 3.8) is 0 Å². The molecular formula is C12H15F3N2O3S. The standard InChI is InChI=1S/C12H15F3N2O3S/c1-11(2,7-18)17-10(19)16-8-3-5-9(6-4-8)21(20)12(13,14)15/h3-6,18H,7H2,1-2H3,(H2,16,17,19). The molecule has 0 saturated heterocycles. The van der Waals surface area contributed by atoms with Crippen LogP contribution in [0, 0.1) is 0 Å². The normalized spacial score (nSPS) is 13.6. The van der Waals surface area contributed by atoms with Gasteiger partial charge in [0.05, 0.1) is 12.1 Å². The number of anilines is 1. The molecule has 0 heterocycles. The van der Waals surface area contributed by atoms with E-state index < -0.39 is 32.8 Å². The summed E-state index contributed by atoms with van der Waals surface area (Å²) in [6.45, 7) is 2.92. The highest BCUT2D eigenvalue weighted by Crippen LogP contribution is 2.26. The second kappa shape index (κ2) is 6.44. The second-order valence-corrected chi connectivity index (χ2v) is 6.33. The van der Waals surface area contributed by atoms with Crippen molar-refractivity contribution in [3.8, 4) is 0 Å². The van der Waals surface area contributed by atoms with Gasteiger partial charge in [-0.05, 0) is 38.1 Å². The number of amides is 2. The van der Waals surface area contributed by atoms with Gasteiger partial charge < -0.3 is 15.7 Å². The van der Waals surface area contributed by atoms with Crippen LogP contribution < -0.4 is 10.6 Å². The third kappa shape index (κ3) is 5.35. The van der Waals surface area contributed by atoms with Crippen LogP contribution in [0.3, 0.4) is 0 Å². The van der Waals surface area contributed by atoms with Gasteiger partial charge in [0.2, 0.25) is 0 Å². The van der Waals surface area contributed by atoms with Crippen LogP contribution in [0.4, 0.5) is 23.7 Å². The first kappa shape index (κ1) is 17.4. The lowest BCUT2D eigenvalue weighted by Crippen LogP contribution is -2.48. The summed E-state index contributed by atoms with van der Waals surface area (Å²) >= 11 is 0. The Morgan fingerprint density at radius 3 is 2.19 bits per heavy atom. The first-order valence-electron chi connectivity index (χ1n) is 5.84. The van der Waals surface area contributed by atoms with Gasteiger partial charge in [0.15, 0.2) is 10.8 Å². The third-order valence-corrected chi connectivity index (χ3v) is 3.50. The Morgan fingerprint density at radius 1 is 1.24 bits per heavy atom. The van der Waals surface area contributed by atoms with E-state index >= 15 is 0 Å². The molecule has 1 aromatic carbocycles. The number of alkyl halides is 3. The topological polar surface area (TPSA) is 78.4 Å². The molecule has 0 aliphatic heterocycles. The Kier molecular flexibility index (Phi) is 5.35. The number of aliphatic hydroxyl groups excluding tert-OH is 1. The van der Waals surface area contributed by atoms with Crippen molar-refractivity contribution in [2.24, 2.45) is 0 Å². The number of hydrogen-bond donors (Lipinski definition) is 3. The minimum atomic E-state index is -4.82.